The van der Waals surface area contributed by atoms with Crippen LogP contribution in [0.2, 0.25) is 5.15 Å². The molecule has 4 aromatic rings. The standard InChI is InChI=1S/C20H20ClN7O/c1-11-9-23-14(12(2)16(11)29-3)10-28-19-15(17(21)25-20(22)26-19)18(27-28)24-13-7-5-4-6-8-13/h4-9H,10H2,1-3H3,(H,24,27)(H2,22,25,26). The summed E-state index contributed by atoms with van der Waals surface area (Å²) in [7, 11) is 1.65. The van der Waals surface area contributed by atoms with E-state index in [1.54, 1.807) is 18.0 Å². The van der Waals surface area contributed by atoms with Gasteiger partial charge >= 0.3 is 0 Å². The van der Waals surface area contributed by atoms with Gasteiger partial charge in [0, 0.05) is 23.0 Å². The Balaban J connectivity index is 1.83. The summed E-state index contributed by atoms with van der Waals surface area (Å²) < 4.78 is 7.23. The number of ether oxygens (including phenoxy) is 1. The highest BCUT2D eigenvalue weighted by Crippen LogP contribution is 2.32. The van der Waals surface area contributed by atoms with Crippen LogP contribution in [0.1, 0.15) is 16.8 Å². The number of fused-ring (bicyclic) bond motifs is 1. The molecule has 3 aromatic heterocycles. The molecular formula is C20H20ClN7O. The maximum Gasteiger partial charge on any atom is 0.223 e. The Morgan fingerprint density at radius 3 is 2.66 bits per heavy atom. The van der Waals surface area contributed by atoms with E-state index in [-0.39, 0.29) is 11.1 Å². The highest BCUT2D eigenvalue weighted by Gasteiger charge is 2.19. The van der Waals surface area contributed by atoms with Gasteiger partial charge in [-0.25, -0.2) is 9.67 Å². The summed E-state index contributed by atoms with van der Waals surface area (Å²) in [5, 5.41) is 8.80. The first-order valence-corrected chi connectivity index (χ1v) is 9.36. The summed E-state index contributed by atoms with van der Waals surface area (Å²) in [4.78, 5) is 13.0. The minimum absolute atomic E-state index is 0.0843. The summed E-state index contributed by atoms with van der Waals surface area (Å²) in [6.45, 7) is 4.31. The smallest absolute Gasteiger partial charge is 0.223 e. The van der Waals surface area contributed by atoms with Crippen molar-refractivity contribution < 1.29 is 4.74 Å². The summed E-state index contributed by atoms with van der Waals surface area (Å²) in [6.07, 6.45) is 1.78. The number of nitrogens with two attached hydrogens (primary N) is 1. The lowest BCUT2D eigenvalue weighted by Crippen LogP contribution is -2.09. The average molecular weight is 410 g/mol. The first-order chi connectivity index (χ1) is 14.0. The molecule has 9 heteroatoms. The number of benzene rings is 1. The molecule has 1 aromatic carbocycles. The lowest BCUT2D eigenvalue weighted by atomic mass is 10.1. The van der Waals surface area contributed by atoms with Gasteiger partial charge in [0.1, 0.15) is 16.3 Å². The van der Waals surface area contributed by atoms with Crippen LogP contribution >= 0.6 is 11.6 Å². The fourth-order valence-corrected chi connectivity index (χ4v) is 3.54. The van der Waals surface area contributed by atoms with Gasteiger partial charge in [0.05, 0.1) is 19.3 Å². The van der Waals surface area contributed by atoms with E-state index in [4.69, 9.17) is 22.1 Å². The topological polar surface area (TPSA) is 104 Å². The molecule has 0 aliphatic carbocycles. The predicted molar refractivity (Wildman–Crippen MR) is 114 cm³/mol. The lowest BCUT2D eigenvalue weighted by Gasteiger charge is -2.12. The molecule has 8 nitrogen and oxygen atoms in total. The van der Waals surface area contributed by atoms with Crippen LogP contribution in [0.25, 0.3) is 11.0 Å². The molecule has 0 amide bonds. The van der Waals surface area contributed by atoms with Crippen LogP contribution in [0, 0.1) is 13.8 Å². The number of para-hydroxylation sites is 1. The third-order valence-electron chi connectivity index (χ3n) is 4.65. The second kappa shape index (κ2) is 7.56. The Morgan fingerprint density at radius 2 is 1.93 bits per heavy atom. The highest BCUT2D eigenvalue weighted by molar-refractivity contribution is 6.35. The van der Waals surface area contributed by atoms with Crippen LogP contribution in [0.4, 0.5) is 17.5 Å². The van der Waals surface area contributed by atoms with Crippen molar-refractivity contribution in [3.8, 4) is 5.75 Å². The fraction of sp³-hybridized carbons (Fsp3) is 0.200. The van der Waals surface area contributed by atoms with E-state index in [1.165, 1.54) is 0 Å². The SMILES string of the molecule is COc1c(C)cnc(Cn2nc(Nc3ccccc3)c3c(Cl)nc(N)nc32)c1C. The van der Waals surface area contributed by atoms with E-state index in [2.05, 4.69) is 25.4 Å². The molecule has 0 atom stereocenters. The molecular weight excluding hydrogens is 390 g/mol. The minimum atomic E-state index is 0.0843. The summed E-state index contributed by atoms with van der Waals surface area (Å²) >= 11 is 6.39. The monoisotopic (exact) mass is 409 g/mol. The predicted octanol–water partition coefficient (Wildman–Crippen LogP) is 3.87. The molecule has 0 aliphatic rings. The van der Waals surface area contributed by atoms with E-state index in [0.717, 1.165) is 28.3 Å². The molecule has 0 saturated carbocycles. The molecule has 3 N–H and O–H groups in total. The van der Waals surface area contributed by atoms with Gasteiger partial charge in [0.15, 0.2) is 11.5 Å². The van der Waals surface area contributed by atoms with Gasteiger partial charge in [-0.05, 0) is 26.0 Å². The van der Waals surface area contributed by atoms with E-state index in [0.29, 0.717) is 23.4 Å². The van der Waals surface area contributed by atoms with Crippen molar-refractivity contribution >= 4 is 40.1 Å². The third-order valence-corrected chi connectivity index (χ3v) is 4.92. The van der Waals surface area contributed by atoms with Gasteiger partial charge in [0.2, 0.25) is 5.95 Å². The number of pyridine rings is 1. The van der Waals surface area contributed by atoms with E-state index < -0.39 is 0 Å². The Kier molecular flexibility index (Phi) is 4.94. The Hall–Kier alpha value is -3.39. The van der Waals surface area contributed by atoms with Crippen LogP contribution in [0.3, 0.4) is 0 Å². The van der Waals surface area contributed by atoms with Crippen molar-refractivity contribution in [3.63, 3.8) is 0 Å². The van der Waals surface area contributed by atoms with Crippen LogP contribution < -0.4 is 15.8 Å². The fourth-order valence-electron chi connectivity index (χ4n) is 3.27. The number of hydrogen-bond acceptors (Lipinski definition) is 7. The van der Waals surface area contributed by atoms with Gasteiger partial charge in [-0.1, -0.05) is 29.8 Å². The molecule has 0 unspecified atom stereocenters. The molecule has 0 fully saturated rings. The molecule has 4 rings (SSSR count). The molecule has 29 heavy (non-hydrogen) atoms. The average Bonchev–Trinajstić information content (AvgIpc) is 3.02. The van der Waals surface area contributed by atoms with Crippen LogP contribution in [0.15, 0.2) is 36.5 Å². The van der Waals surface area contributed by atoms with Crippen LogP contribution in [-0.2, 0) is 6.54 Å². The number of aromatic nitrogens is 5. The van der Waals surface area contributed by atoms with Crippen molar-refractivity contribution in [1.29, 1.82) is 0 Å². The van der Waals surface area contributed by atoms with E-state index >= 15 is 0 Å². The number of hydrogen-bond donors (Lipinski definition) is 2. The molecule has 0 saturated heterocycles. The zero-order valence-corrected chi connectivity index (χ0v) is 17.0. The van der Waals surface area contributed by atoms with Crippen LogP contribution in [0.5, 0.6) is 5.75 Å². The molecule has 3 heterocycles. The van der Waals surface area contributed by atoms with E-state index in [1.807, 2.05) is 44.2 Å². The molecule has 0 bridgehead atoms. The molecule has 0 aliphatic heterocycles. The molecule has 0 spiro atoms. The maximum absolute atomic E-state index is 6.39. The largest absolute Gasteiger partial charge is 0.496 e. The summed E-state index contributed by atoms with van der Waals surface area (Å²) in [6, 6.07) is 9.69. The highest BCUT2D eigenvalue weighted by atomic mass is 35.5. The van der Waals surface area contributed by atoms with Gasteiger partial charge in [0.25, 0.3) is 0 Å². The zero-order chi connectivity index (χ0) is 20.5. The number of aryl methyl sites for hydroxylation is 1. The second-order valence-electron chi connectivity index (χ2n) is 6.61. The summed E-state index contributed by atoms with van der Waals surface area (Å²) in [5.41, 5.74) is 9.98. The Bertz CT molecular complexity index is 1190. The number of nitrogens with zero attached hydrogens (tertiary/aromatic N) is 5. The number of nitrogen functional groups attached to an aromatic ring is 1. The number of nitrogens with one attached hydrogen (secondary N) is 1. The van der Waals surface area contributed by atoms with Crippen LogP contribution in [-0.4, -0.2) is 31.8 Å². The minimum Gasteiger partial charge on any atom is -0.496 e. The van der Waals surface area contributed by atoms with E-state index in [9.17, 15) is 0 Å². The lowest BCUT2D eigenvalue weighted by molar-refractivity contribution is 0.406. The first-order valence-electron chi connectivity index (χ1n) is 8.98. The normalized spacial score (nSPS) is 11.0. The zero-order valence-electron chi connectivity index (χ0n) is 16.3. The third kappa shape index (κ3) is 3.54. The van der Waals surface area contributed by atoms with Crippen molar-refractivity contribution in [2.45, 2.75) is 20.4 Å². The quantitative estimate of drug-likeness (QED) is 0.482. The molecule has 148 valence electrons. The maximum atomic E-state index is 6.39. The Labute approximate surface area is 172 Å². The van der Waals surface area contributed by atoms with Crippen molar-refractivity contribution in [2.75, 3.05) is 18.2 Å². The number of methoxy groups -OCH3 is 1. The summed E-state index contributed by atoms with van der Waals surface area (Å²) in [5.74, 6) is 1.44. The van der Waals surface area contributed by atoms with Gasteiger partial charge in [-0.15, -0.1) is 0 Å². The van der Waals surface area contributed by atoms with Crippen molar-refractivity contribution in [2.24, 2.45) is 0 Å². The van der Waals surface area contributed by atoms with Gasteiger partial charge in [-0.3, -0.25) is 4.98 Å². The molecule has 0 radical (unpaired) electrons. The Morgan fingerprint density at radius 1 is 1.17 bits per heavy atom. The van der Waals surface area contributed by atoms with Crippen molar-refractivity contribution in [1.82, 2.24) is 24.7 Å². The van der Waals surface area contributed by atoms with Gasteiger partial charge in [-0.2, -0.15) is 10.1 Å². The van der Waals surface area contributed by atoms with Crippen molar-refractivity contribution in [3.05, 3.63) is 58.5 Å². The van der Waals surface area contributed by atoms with Gasteiger partial charge < -0.3 is 15.8 Å². The first kappa shape index (κ1) is 18.9. The number of halogens is 1. The number of anilines is 3. The number of rotatable bonds is 5. The second-order valence-corrected chi connectivity index (χ2v) is 6.97.